The van der Waals surface area contributed by atoms with Crippen molar-refractivity contribution in [3.05, 3.63) is 23.3 Å². The number of halogens is 2. The zero-order valence-electron chi connectivity index (χ0n) is 11.3. The van der Waals surface area contributed by atoms with Crippen LogP contribution >= 0.6 is 11.8 Å². The van der Waals surface area contributed by atoms with Crippen LogP contribution in [-0.4, -0.2) is 37.1 Å². The van der Waals surface area contributed by atoms with Gasteiger partial charge in [-0.15, -0.1) is 10.2 Å². The lowest BCUT2D eigenvalue weighted by atomic mass is 10.3. The summed E-state index contributed by atoms with van der Waals surface area (Å²) in [4.78, 5) is 0. The Hall–Kier alpha value is -1.77. The summed E-state index contributed by atoms with van der Waals surface area (Å²) >= 11 is 1.20. The molecule has 0 saturated heterocycles. The van der Waals surface area contributed by atoms with Crippen LogP contribution in [0.4, 0.5) is 8.78 Å². The number of aromatic nitrogens is 5. The summed E-state index contributed by atoms with van der Waals surface area (Å²) < 4.78 is 28.4. The van der Waals surface area contributed by atoms with Gasteiger partial charge in [0.15, 0.2) is 0 Å². The molecule has 0 unspecified atom stereocenters. The zero-order chi connectivity index (χ0) is 14.7. The SMILES string of the molecule is CCn1cc(/C=N/n2c(SC)nnc2C(F)F)c(C)n1. The predicted molar refractivity (Wildman–Crippen MR) is 72.4 cm³/mol. The Morgan fingerprint density at radius 3 is 2.75 bits per heavy atom. The molecule has 0 aliphatic rings. The lowest BCUT2D eigenvalue weighted by Gasteiger charge is -2.00. The van der Waals surface area contributed by atoms with Crippen molar-refractivity contribution >= 4 is 18.0 Å². The van der Waals surface area contributed by atoms with Crippen molar-refractivity contribution in [2.45, 2.75) is 32.0 Å². The van der Waals surface area contributed by atoms with Gasteiger partial charge in [-0.1, -0.05) is 11.8 Å². The third-order valence-electron chi connectivity index (χ3n) is 2.63. The van der Waals surface area contributed by atoms with E-state index in [2.05, 4.69) is 20.4 Å². The number of rotatable bonds is 5. The number of thioether (sulfide) groups is 1. The lowest BCUT2D eigenvalue weighted by molar-refractivity contribution is 0.135. The number of hydrogen-bond acceptors (Lipinski definition) is 5. The monoisotopic (exact) mass is 300 g/mol. The molecule has 2 heterocycles. The van der Waals surface area contributed by atoms with Gasteiger partial charge in [0.1, 0.15) is 0 Å². The molecule has 0 fully saturated rings. The molecular weight excluding hydrogens is 286 g/mol. The maximum absolute atomic E-state index is 12.8. The standard InChI is InChI=1S/C11H14F2N6S/c1-4-18-6-8(7(2)17-18)5-14-19-10(9(12)13)15-16-11(19)20-3/h5-6,9H,4H2,1-3H3/b14-5+. The van der Waals surface area contributed by atoms with Crippen LogP contribution < -0.4 is 0 Å². The average Bonchev–Trinajstić information content (AvgIpc) is 2.99. The molecule has 0 saturated carbocycles. The predicted octanol–water partition coefficient (Wildman–Crippen LogP) is 2.34. The quantitative estimate of drug-likeness (QED) is 0.628. The normalized spacial score (nSPS) is 11.9. The molecule has 9 heteroatoms. The highest BCUT2D eigenvalue weighted by Crippen LogP contribution is 2.21. The summed E-state index contributed by atoms with van der Waals surface area (Å²) in [6.45, 7) is 4.54. The van der Waals surface area contributed by atoms with Crippen LogP contribution in [0.5, 0.6) is 0 Å². The Bertz CT molecular complexity index is 618. The van der Waals surface area contributed by atoms with Gasteiger partial charge < -0.3 is 0 Å². The van der Waals surface area contributed by atoms with Gasteiger partial charge in [-0.25, -0.2) is 8.78 Å². The molecule has 0 aliphatic carbocycles. The average molecular weight is 300 g/mol. The van der Waals surface area contributed by atoms with Crippen LogP contribution in [0, 0.1) is 6.92 Å². The first-order valence-electron chi connectivity index (χ1n) is 5.92. The second kappa shape index (κ2) is 6.12. The number of nitrogens with zero attached hydrogens (tertiary/aromatic N) is 6. The van der Waals surface area contributed by atoms with E-state index in [1.165, 1.54) is 18.0 Å². The van der Waals surface area contributed by atoms with Crippen molar-refractivity contribution in [2.75, 3.05) is 6.26 Å². The van der Waals surface area contributed by atoms with E-state index < -0.39 is 12.2 Å². The van der Waals surface area contributed by atoms with Gasteiger partial charge in [-0.2, -0.15) is 14.9 Å². The first-order valence-corrected chi connectivity index (χ1v) is 7.15. The Morgan fingerprint density at radius 2 is 2.20 bits per heavy atom. The Labute approximate surface area is 118 Å². The lowest BCUT2D eigenvalue weighted by Crippen LogP contribution is -2.00. The zero-order valence-corrected chi connectivity index (χ0v) is 12.1. The second-order valence-corrected chi connectivity index (χ2v) is 4.70. The maximum Gasteiger partial charge on any atom is 0.299 e. The van der Waals surface area contributed by atoms with Crippen LogP contribution in [0.15, 0.2) is 16.5 Å². The summed E-state index contributed by atoms with van der Waals surface area (Å²) in [7, 11) is 0. The fourth-order valence-corrected chi connectivity index (χ4v) is 2.03. The Morgan fingerprint density at radius 1 is 1.45 bits per heavy atom. The van der Waals surface area contributed by atoms with Gasteiger partial charge in [0.2, 0.25) is 11.0 Å². The van der Waals surface area contributed by atoms with Gasteiger partial charge in [-0.3, -0.25) is 4.68 Å². The molecule has 0 aromatic carbocycles. The van der Waals surface area contributed by atoms with Crippen molar-refractivity contribution in [3.63, 3.8) is 0 Å². The van der Waals surface area contributed by atoms with Gasteiger partial charge in [0.05, 0.1) is 11.9 Å². The molecule has 0 radical (unpaired) electrons. The minimum Gasteiger partial charge on any atom is -0.272 e. The van der Waals surface area contributed by atoms with Crippen molar-refractivity contribution in [1.82, 2.24) is 24.7 Å². The van der Waals surface area contributed by atoms with E-state index in [0.29, 0.717) is 5.16 Å². The van der Waals surface area contributed by atoms with Crippen molar-refractivity contribution in [1.29, 1.82) is 0 Å². The minimum absolute atomic E-state index is 0.317. The van der Waals surface area contributed by atoms with Crippen LogP contribution in [-0.2, 0) is 6.54 Å². The Balaban J connectivity index is 2.35. The summed E-state index contributed by atoms with van der Waals surface area (Å²) in [5.74, 6) is -0.467. The fraction of sp³-hybridized carbons (Fsp3) is 0.455. The Kier molecular flexibility index (Phi) is 4.48. The first kappa shape index (κ1) is 14.6. The van der Waals surface area contributed by atoms with Crippen LogP contribution in [0.2, 0.25) is 0 Å². The fourth-order valence-electron chi connectivity index (χ4n) is 1.59. The van der Waals surface area contributed by atoms with Crippen molar-refractivity contribution in [3.8, 4) is 0 Å². The molecule has 0 aliphatic heterocycles. The topological polar surface area (TPSA) is 60.9 Å². The highest BCUT2D eigenvalue weighted by atomic mass is 32.2. The first-order chi connectivity index (χ1) is 9.56. The summed E-state index contributed by atoms with van der Waals surface area (Å²) in [5, 5.41) is 15.8. The highest BCUT2D eigenvalue weighted by Gasteiger charge is 2.19. The molecule has 20 heavy (non-hydrogen) atoms. The number of hydrogen-bond donors (Lipinski definition) is 0. The van der Waals surface area contributed by atoms with Crippen LogP contribution in [0.3, 0.4) is 0 Å². The molecule has 0 bridgehead atoms. The maximum atomic E-state index is 12.8. The van der Waals surface area contributed by atoms with Crippen LogP contribution in [0.25, 0.3) is 0 Å². The van der Waals surface area contributed by atoms with Gasteiger partial charge in [0.25, 0.3) is 6.43 Å². The van der Waals surface area contributed by atoms with Gasteiger partial charge in [-0.05, 0) is 20.1 Å². The third-order valence-corrected chi connectivity index (χ3v) is 3.25. The number of alkyl halides is 2. The highest BCUT2D eigenvalue weighted by molar-refractivity contribution is 7.98. The van der Waals surface area contributed by atoms with E-state index in [4.69, 9.17) is 0 Å². The van der Waals surface area contributed by atoms with E-state index in [1.807, 2.05) is 20.0 Å². The molecule has 108 valence electrons. The number of aryl methyl sites for hydroxylation is 2. The molecule has 0 N–H and O–H groups in total. The molecular formula is C11H14F2N6S. The molecule has 6 nitrogen and oxygen atoms in total. The van der Waals surface area contributed by atoms with Crippen molar-refractivity contribution in [2.24, 2.45) is 5.10 Å². The largest absolute Gasteiger partial charge is 0.299 e. The summed E-state index contributed by atoms with van der Waals surface area (Å²) in [6.07, 6.45) is 2.30. The molecule has 2 aromatic heterocycles. The molecule has 2 aromatic rings. The second-order valence-electron chi connectivity index (χ2n) is 3.93. The van der Waals surface area contributed by atoms with Crippen LogP contribution in [0.1, 0.15) is 30.4 Å². The van der Waals surface area contributed by atoms with E-state index in [0.717, 1.165) is 22.5 Å². The van der Waals surface area contributed by atoms with E-state index in [9.17, 15) is 8.78 Å². The molecule has 0 spiro atoms. The van der Waals surface area contributed by atoms with Gasteiger partial charge in [0, 0.05) is 18.3 Å². The van der Waals surface area contributed by atoms with Crippen molar-refractivity contribution < 1.29 is 8.78 Å². The summed E-state index contributed by atoms with van der Waals surface area (Å²) in [6, 6.07) is 0. The molecule has 0 atom stereocenters. The van der Waals surface area contributed by atoms with E-state index >= 15 is 0 Å². The molecule has 2 rings (SSSR count). The third kappa shape index (κ3) is 2.87. The minimum atomic E-state index is -2.72. The van der Waals surface area contributed by atoms with Gasteiger partial charge >= 0.3 is 0 Å². The molecule has 0 amide bonds. The van der Waals surface area contributed by atoms with E-state index in [1.54, 1.807) is 10.9 Å². The summed E-state index contributed by atoms with van der Waals surface area (Å²) in [5.41, 5.74) is 1.56. The van der Waals surface area contributed by atoms with E-state index in [-0.39, 0.29) is 0 Å². The smallest absolute Gasteiger partial charge is 0.272 e.